The van der Waals surface area contributed by atoms with Gasteiger partial charge in [0.05, 0.1) is 6.61 Å². The third-order valence-electron chi connectivity index (χ3n) is 2.49. The molecule has 6 heteroatoms. The van der Waals surface area contributed by atoms with Crippen molar-refractivity contribution in [2.45, 2.75) is 38.0 Å². The van der Waals surface area contributed by atoms with Crippen molar-refractivity contribution in [3.05, 3.63) is 0 Å². The molecule has 3 unspecified atom stereocenters. The number of hydrogen-bond donors (Lipinski definition) is 3. The number of carbonyl (C=O) groups excluding carboxylic acids is 1. The second-order valence-corrected chi connectivity index (χ2v) is 5.30. The zero-order chi connectivity index (χ0) is 13.4. The minimum Gasteiger partial charge on any atom is -0.481 e. The van der Waals surface area contributed by atoms with Crippen molar-refractivity contribution in [3.63, 3.8) is 0 Å². The van der Waals surface area contributed by atoms with Gasteiger partial charge in [-0.1, -0.05) is 6.92 Å². The van der Waals surface area contributed by atoms with E-state index in [0.717, 1.165) is 0 Å². The van der Waals surface area contributed by atoms with Gasteiger partial charge in [0.15, 0.2) is 0 Å². The summed E-state index contributed by atoms with van der Waals surface area (Å²) < 4.78 is 0. The summed E-state index contributed by atoms with van der Waals surface area (Å²) in [6, 6.07) is -0.125. The summed E-state index contributed by atoms with van der Waals surface area (Å²) in [7, 11) is 0. The zero-order valence-corrected chi connectivity index (χ0v) is 11.3. The van der Waals surface area contributed by atoms with E-state index in [1.54, 1.807) is 6.92 Å². The summed E-state index contributed by atoms with van der Waals surface area (Å²) in [5.74, 6) is -1.24. The Hall–Kier alpha value is -0.750. The predicted molar refractivity (Wildman–Crippen MR) is 68.0 cm³/mol. The number of rotatable bonds is 8. The van der Waals surface area contributed by atoms with Gasteiger partial charge in [-0.05, 0) is 19.1 Å². The highest BCUT2D eigenvalue weighted by molar-refractivity contribution is 7.99. The van der Waals surface area contributed by atoms with Crippen LogP contribution in [0.5, 0.6) is 0 Å². The third kappa shape index (κ3) is 7.23. The monoisotopic (exact) mass is 263 g/mol. The van der Waals surface area contributed by atoms with Crippen LogP contribution in [0.2, 0.25) is 0 Å². The Labute approximate surface area is 106 Å². The van der Waals surface area contributed by atoms with Crippen LogP contribution >= 0.6 is 11.8 Å². The lowest BCUT2D eigenvalue weighted by Crippen LogP contribution is -2.41. The first-order valence-electron chi connectivity index (χ1n) is 5.55. The van der Waals surface area contributed by atoms with Crippen LogP contribution in [0, 0.1) is 5.92 Å². The molecule has 0 rings (SSSR count). The number of carboxylic acid groups (broad SMARTS) is 1. The third-order valence-corrected chi connectivity index (χ3v) is 3.65. The van der Waals surface area contributed by atoms with Gasteiger partial charge < -0.3 is 15.5 Å². The van der Waals surface area contributed by atoms with Crippen LogP contribution in [0.1, 0.15) is 26.7 Å². The molecule has 0 radical (unpaired) electrons. The lowest BCUT2D eigenvalue weighted by atomic mass is 10.0. The van der Waals surface area contributed by atoms with Gasteiger partial charge in [0.25, 0.3) is 0 Å². The first-order chi connectivity index (χ1) is 7.90. The van der Waals surface area contributed by atoms with E-state index in [1.165, 1.54) is 11.8 Å². The van der Waals surface area contributed by atoms with Crippen molar-refractivity contribution in [1.82, 2.24) is 5.32 Å². The minimum atomic E-state index is -0.893. The lowest BCUT2D eigenvalue weighted by Gasteiger charge is -2.22. The molecule has 1 amide bonds. The highest BCUT2D eigenvalue weighted by Gasteiger charge is 2.19. The molecule has 0 saturated heterocycles. The average Bonchev–Trinajstić information content (AvgIpc) is 2.17. The van der Waals surface area contributed by atoms with Crippen LogP contribution in [0.3, 0.4) is 0 Å². The molecule has 0 aromatic heterocycles. The smallest absolute Gasteiger partial charge is 0.303 e. The Kier molecular flexibility index (Phi) is 7.99. The van der Waals surface area contributed by atoms with Crippen LogP contribution in [0.15, 0.2) is 0 Å². The molecule has 0 aliphatic rings. The van der Waals surface area contributed by atoms with Crippen LogP contribution in [0.25, 0.3) is 0 Å². The van der Waals surface area contributed by atoms with Gasteiger partial charge in [-0.25, -0.2) is 0 Å². The molecule has 0 aliphatic heterocycles. The largest absolute Gasteiger partial charge is 0.481 e. The summed E-state index contributed by atoms with van der Waals surface area (Å²) >= 11 is 1.49. The highest BCUT2D eigenvalue weighted by Crippen LogP contribution is 2.12. The maximum Gasteiger partial charge on any atom is 0.303 e. The fourth-order valence-electron chi connectivity index (χ4n) is 1.53. The number of aliphatic hydroxyl groups is 1. The van der Waals surface area contributed by atoms with Crippen LogP contribution in [0.4, 0.5) is 0 Å². The molecule has 0 aromatic carbocycles. The van der Waals surface area contributed by atoms with E-state index >= 15 is 0 Å². The van der Waals surface area contributed by atoms with Crippen molar-refractivity contribution in [2.75, 3.05) is 12.9 Å². The summed E-state index contributed by atoms with van der Waals surface area (Å²) in [6.45, 7) is 3.57. The van der Waals surface area contributed by atoms with Crippen molar-refractivity contribution < 1.29 is 19.8 Å². The van der Waals surface area contributed by atoms with Crippen molar-refractivity contribution in [2.24, 2.45) is 5.92 Å². The Bertz CT molecular complexity index is 256. The molecule has 0 spiro atoms. The van der Waals surface area contributed by atoms with E-state index < -0.39 is 5.97 Å². The SMILES string of the molecule is CSC(CO)C(C)NC(=O)CC(C)CC(=O)O. The van der Waals surface area contributed by atoms with Gasteiger partial charge in [0.1, 0.15) is 0 Å². The van der Waals surface area contributed by atoms with Crippen molar-refractivity contribution in [1.29, 1.82) is 0 Å². The normalized spacial score (nSPS) is 16.0. The maximum absolute atomic E-state index is 11.6. The Balaban J connectivity index is 4.04. The molecule has 0 heterocycles. The molecule has 5 nitrogen and oxygen atoms in total. The molecule has 100 valence electrons. The lowest BCUT2D eigenvalue weighted by molar-refractivity contribution is -0.138. The first-order valence-corrected chi connectivity index (χ1v) is 6.84. The summed E-state index contributed by atoms with van der Waals surface area (Å²) in [5.41, 5.74) is 0. The van der Waals surface area contributed by atoms with Gasteiger partial charge in [0, 0.05) is 24.1 Å². The minimum absolute atomic E-state index is 0.00619. The van der Waals surface area contributed by atoms with Gasteiger partial charge in [0.2, 0.25) is 5.91 Å². The molecular weight excluding hydrogens is 242 g/mol. The molecule has 0 bridgehead atoms. The molecule has 0 fully saturated rings. The number of nitrogens with one attached hydrogen (secondary N) is 1. The van der Waals surface area contributed by atoms with Gasteiger partial charge >= 0.3 is 5.97 Å². The topological polar surface area (TPSA) is 86.6 Å². The maximum atomic E-state index is 11.6. The van der Waals surface area contributed by atoms with E-state index in [0.29, 0.717) is 0 Å². The van der Waals surface area contributed by atoms with Crippen molar-refractivity contribution in [3.8, 4) is 0 Å². The van der Waals surface area contributed by atoms with E-state index in [9.17, 15) is 9.59 Å². The first kappa shape index (κ1) is 16.2. The van der Waals surface area contributed by atoms with Gasteiger partial charge in [-0.3, -0.25) is 9.59 Å². The van der Waals surface area contributed by atoms with E-state index in [4.69, 9.17) is 10.2 Å². The molecule has 3 N–H and O–H groups in total. The molecule has 17 heavy (non-hydrogen) atoms. The summed E-state index contributed by atoms with van der Waals surface area (Å²) in [4.78, 5) is 22.0. The Morgan fingerprint density at radius 2 is 1.88 bits per heavy atom. The van der Waals surface area contributed by atoms with Crippen LogP contribution in [-0.2, 0) is 9.59 Å². The van der Waals surface area contributed by atoms with Crippen molar-refractivity contribution >= 4 is 23.6 Å². The van der Waals surface area contributed by atoms with Gasteiger partial charge in [-0.2, -0.15) is 11.8 Å². The molecule has 0 saturated carbocycles. The Morgan fingerprint density at radius 3 is 2.29 bits per heavy atom. The standard InChI is InChI=1S/C11H21NO4S/c1-7(5-11(15)16)4-10(14)12-8(2)9(6-13)17-3/h7-9,13H,4-6H2,1-3H3,(H,12,14)(H,15,16). The second kappa shape index (κ2) is 8.36. The number of carboxylic acids is 1. The molecule has 3 atom stereocenters. The number of hydrogen-bond acceptors (Lipinski definition) is 4. The average molecular weight is 263 g/mol. The van der Waals surface area contributed by atoms with E-state index in [2.05, 4.69) is 5.32 Å². The van der Waals surface area contributed by atoms with Crippen LogP contribution in [-0.4, -0.2) is 46.2 Å². The summed E-state index contributed by atoms with van der Waals surface area (Å²) in [6.07, 6.45) is 2.06. The zero-order valence-electron chi connectivity index (χ0n) is 10.5. The summed E-state index contributed by atoms with van der Waals surface area (Å²) in [5, 5.41) is 20.4. The number of aliphatic hydroxyl groups excluding tert-OH is 1. The number of thioether (sulfide) groups is 1. The number of carbonyl (C=O) groups is 2. The quantitative estimate of drug-likeness (QED) is 0.600. The molecule has 0 aliphatic carbocycles. The van der Waals surface area contributed by atoms with E-state index in [-0.39, 0.29) is 42.6 Å². The molecule has 0 aromatic rings. The highest BCUT2D eigenvalue weighted by atomic mass is 32.2. The molecular formula is C11H21NO4S. The number of amides is 1. The predicted octanol–water partition coefficient (Wildman–Crippen LogP) is 0.716. The fourth-order valence-corrected chi connectivity index (χ4v) is 2.15. The second-order valence-electron chi connectivity index (χ2n) is 4.22. The van der Waals surface area contributed by atoms with E-state index in [1.807, 2.05) is 13.2 Å². The Morgan fingerprint density at radius 1 is 1.29 bits per heavy atom. The van der Waals surface area contributed by atoms with Gasteiger partial charge in [-0.15, -0.1) is 0 Å². The van der Waals surface area contributed by atoms with Crippen LogP contribution < -0.4 is 5.32 Å². The number of aliphatic carboxylic acids is 1. The fraction of sp³-hybridized carbons (Fsp3) is 0.818.